The van der Waals surface area contributed by atoms with Crippen LogP contribution in [0.3, 0.4) is 0 Å². The minimum absolute atomic E-state index is 0.0111. The average molecular weight is 304 g/mol. The van der Waals surface area contributed by atoms with Gasteiger partial charge < -0.3 is 4.90 Å². The number of hydrogen-bond donors (Lipinski definition) is 0. The van der Waals surface area contributed by atoms with Crippen LogP contribution in [0.2, 0.25) is 0 Å². The van der Waals surface area contributed by atoms with Crippen LogP contribution in [0, 0.1) is 0 Å². The summed E-state index contributed by atoms with van der Waals surface area (Å²) in [5, 5.41) is 8.13. The average Bonchev–Trinajstić information content (AvgIpc) is 3.08. The van der Waals surface area contributed by atoms with Crippen molar-refractivity contribution >= 4 is 5.91 Å². The Morgan fingerprint density at radius 2 is 2.00 bits per heavy atom. The second kappa shape index (κ2) is 5.78. The fraction of sp³-hybridized carbons (Fsp3) is 0.571. The van der Waals surface area contributed by atoms with Gasteiger partial charge in [-0.05, 0) is 24.3 Å². The van der Waals surface area contributed by atoms with Crippen LogP contribution < -0.4 is 5.69 Å². The Kier molecular flexibility index (Phi) is 3.82. The molecular formula is C14H20N6O2. The number of rotatable bonds is 3. The minimum Gasteiger partial charge on any atom is -0.341 e. The van der Waals surface area contributed by atoms with Crippen LogP contribution in [0.4, 0.5) is 0 Å². The largest absolute Gasteiger partial charge is 0.345 e. The van der Waals surface area contributed by atoms with E-state index in [1.54, 1.807) is 11.7 Å². The van der Waals surface area contributed by atoms with Crippen molar-refractivity contribution in [2.75, 3.05) is 13.1 Å². The highest BCUT2D eigenvalue weighted by atomic mass is 16.2. The number of aryl methyl sites for hydroxylation is 2. The first-order valence-corrected chi connectivity index (χ1v) is 7.39. The Morgan fingerprint density at radius 3 is 2.55 bits per heavy atom. The Labute approximate surface area is 127 Å². The lowest BCUT2D eigenvalue weighted by Gasteiger charge is -2.31. The van der Waals surface area contributed by atoms with E-state index >= 15 is 0 Å². The van der Waals surface area contributed by atoms with Gasteiger partial charge in [-0.1, -0.05) is 0 Å². The Hall–Kier alpha value is -2.38. The lowest BCUT2D eigenvalue weighted by Crippen LogP contribution is -2.41. The van der Waals surface area contributed by atoms with Crippen LogP contribution >= 0.6 is 0 Å². The number of carbonyl (C=O) groups excluding carboxylic acids is 1. The van der Waals surface area contributed by atoms with Gasteiger partial charge in [0, 0.05) is 33.4 Å². The van der Waals surface area contributed by atoms with E-state index in [-0.39, 0.29) is 18.1 Å². The van der Waals surface area contributed by atoms with Gasteiger partial charge in [-0.3, -0.25) is 14.0 Å². The zero-order chi connectivity index (χ0) is 15.7. The number of likely N-dealkylation sites (tertiary alicyclic amines) is 1. The summed E-state index contributed by atoms with van der Waals surface area (Å²) in [6.45, 7) is 1.43. The number of carbonyl (C=O) groups is 1. The van der Waals surface area contributed by atoms with Crippen molar-refractivity contribution in [3.05, 3.63) is 34.8 Å². The molecule has 8 heteroatoms. The molecule has 0 bridgehead atoms. The Morgan fingerprint density at radius 1 is 1.27 bits per heavy atom. The summed E-state index contributed by atoms with van der Waals surface area (Å²) in [7, 11) is 3.53. The highest BCUT2D eigenvalue weighted by molar-refractivity contribution is 5.76. The summed E-state index contributed by atoms with van der Waals surface area (Å²) in [6.07, 6.45) is 7.21. The third-order valence-corrected chi connectivity index (χ3v) is 4.22. The lowest BCUT2D eigenvalue weighted by atomic mass is 9.91. The van der Waals surface area contributed by atoms with Gasteiger partial charge in [0.2, 0.25) is 5.91 Å². The topological polar surface area (TPSA) is 78.0 Å². The molecule has 8 nitrogen and oxygen atoms in total. The Bertz CT molecular complexity index is 720. The predicted octanol–water partition coefficient (Wildman–Crippen LogP) is -0.278. The predicted molar refractivity (Wildman–Crippen MR) is 79.2 cm³/mol. The molecule has 0 N–H and O–H groups in total. The van der Waals surface area contributed by atoms with Gasteiger partial charge in [-0.15, -0.1) is 0 Å². The third kappa shape index (κ3) is 2.81. The summed E-state index contributed by atoms with van der Waals surface area (Å²) < 4.78 is 4.37. The van der Waals surface area contributed by atoms with Gasteiger partial charge in [0.25, 0.3) is 0 Å². The maximum atomic E-state index is 12.3. The van der Waals surface area contributed by atoms with Crippen LogP contribution in [0.1, 0.15) is 24.3 Å². The zero-order valence-electron chi connectivity index (χ0n) is 12.8. The first-order valence-electron chi connectivity index (χ1n) is 7.39. The number of aromatic nitrogens is 5. The highest BCUT2D eigenvalue weighted by Gasteiger charge is 2.25. The molecule has 1 saturated heterocycles. The van der Waals surface area contributed by atoms with E-state index in [4.69, 9.17) is 0 Å². The number of nitrogens with zero attached hydrogens (tertiary/aromatic N) is 6. The molecule has 0 aliphatic carbocycles. The summed E-state index contributed by atoms with van der Waals surface area (Å²) >= 11 is 0. The number of amides is 1. The van der Waals surface area contributed by atoms with Gasteiger partial charge in [0.1, 0.15) is 12.9 Å². The molecule has 0 radical (unpaired) electrons. The summed E-state index contributed by atoms with van der Waals surface area (Å²) in [5.74, 6) is 0.403. The lowest BCUT2D eigenvalue weighted by molar-refractivity contribution is -0.133. The molecular weight excluding hydrogens is 284 g/mol. The maximum Gasteiger partial charge on any atom is 0.345 e. The molecule has 118 valence electrons. The van der Waals surface area contributed by atoms with Gasteiger partial charge in [0.15, 0.2) is 0 Å². The first kappa shape index (κ1) is 14.6. The van der Waals surface area contributed by atoms with Crippen LogP contribution in [-0.2, 0) is 25.4 Å². The SMILES string of the molecule is Cn1cc(C2CCN(C(=O)Cn3ncn(C)c3=O)CC2)cn1. The van der Waals surface area contributed by atoms with Crippen molar-refractivity contribution in [1.29, 1.82) is 0 Å². The quantitative estimate of drug-likeness (QED) is 0.781. The van der Waals surface area contributed by atoms with E-state index in [1.165, 1.54) is 21.1 Å². The van der Waals surface area contributed by atoms with Gasteiger partial charge in [-0.2, -0.15) is 10.2 Å². The summed E-state index contributed by atoms with van der Waals surface area (Å²) in [6, 6.07) is 0. The molecule has 22 heavy (non-hydrogen) atoms. The molecule has 1 aliphatic rings. The third-order valence-electron chi connectivity index (χ3n) is 4.22. The number of piperidine rings is 1. The molecule has 2 aromatic heterocycles. The van der Waals surface area contributed by atoms with E-state index in [9.17, 15) is 9.59 Å². The molecule has 1 fully saturated rings. The van der Waals surface area contributed by atoms with Gasteiger partial charge in [-0.25, -0.2) is 9.48 Å². The first-order chi connectivity index (χ1) is 10.5. The highest BCUT2D eigenvalue weighted by Crippen LogP contribution is 2.27. The van der Waals surface area contributed by atoms with E-state index in [1.807, 2.05) is 24.3 Å². The van der Waals surface area contributed by atoms with Crippen molar-refractivity contribution in [2.24, 2.45) is 14.1 Å². The number of hydrogen-bond acceptors (Lipinski definition) is 4. The summed E-state index contributed by atoms with van der Waals surface area (Å²) in [5.41, 5.74) is 0.967. The van der Waals surface area contributed by atoms with E-state index in [2.05, 4.69) is 10.2 Å². The van der Waals surface area contributed by atoms with Crippen molar-refractivity contribution in [3.63, 3.8) is 0 Å². The molecule has 3 rings (SSSR count). The van der Waals surface area contributed by atoms with Crippen LogP contribution in [0.5, 0.6) is 0 Å². The molecule has 0 unspecified atom stereocenters. The molecule has 0 spiro atoms. The minimum atomic E-state index is -0.265. The molecule has 1 amide bonds. The molecule has 0 atom stereocenters. The van der Waals surface area contributed by atoms with Gasteiger partial charge in [0.05, 0.1) is 6.20 Å². The normalized spacial score (nSPS) is 16.2. The van der Waals surface area contributed by atoms with E-state index in [0.717, 1.165) is 12.8 Å². The smallest absolute Gasteiger partial charge is 0.341 e. The fourth-order valence-electron chi connectivity index (χ4n) is 2.87. The Balaban J connectivity index is 1.58. The maximum absolute atomic E-state index is 12.3. The molecule has 0 saturated carbocycles. The fourth-order valence-corrected chi connectivity index (χ4v) is 2.87. The van der Waals surface area contributed by atoms with Crippen molar-refractivity contribution in [2.45, 2.75) is 25.3 Å². The van der Waals surface area contributed by atoms with Gasteiger partial charge >= 0.3 is 5.69 Å². The second-order valence-electron chi connectivity index (χ2n) is 5.78. The van der Waals surface area contributed by atoms with E-state index in [0.29, 0.717) is 19.0 Å². The molecule has 1 aliphatic heterocycles. The van der Waals surface area contributed by atoms with Crippen LogP contribution in [-0.4, -0.2) is 48.0 Å². The molecule has 0 aromatic carbocycles. The second-order valence-corrected chi connectivity index (χ2v) is 5.78. The van der Waals surface area contributed by atoms with Crippen molar-refractivity contribution in [1.82, 2.24) is 29.0 Å². The van der Waals surface area contributed by atoms with Crippen molar-refractivity contribution < 1.29 is 4.79 Å². The summed E-state index contributed by atoms with van der Waals surface area (Å²) in [4.78, 5) is 25.8. The van der Waals surface area contributed by atoms with Crippen LogP contribution in [0.15, 0.2) is 23.5 Å². The van der Waals surface area contributed by atoms with Crippen LogP contribution in [0.25, 0.3) is 0 Å². The monoisotopic (exact) mass is 304 g/mol. The molecule has 2 aromatic rings. The zero-order valence-corrected chi connectivity index (χ0v) is 12.8. The standard InChI is InChI=1S/C14H20N6O2/c1-17-10-16-20(14(17)22)9-13(21)19-5-3-11(4-6-19)12-7-15-18(2)8-12/h7-8,10-11H,3-6,9H2,1-2H3. The molecule has 3 heterocycles. The van der Waals surface area contributed by atoms with E-state index < -0.39 is 0 Å². The van der Waals surface area contributed by atoms with Crippen molar-refractivity contribution in [3.8, 4) is 0 Å².